The van der Waals surface area contributed by atoms with E-state index in [0.717, 1.165) is 10.9 Å². The largest absolute Gasteiger partial charge is 0.505 e. The van der Waals surface area contributed by atoms with Crippen LogP contribution in [0.4, 0.5) is 15.8 Å². The van der Waals surface area contributed by atoms with Crippen molar-refractivity contribution >= 4 is 51.4 Å². The van der Waals surface area contributed by atoms with E-state index in [4.69, 9.17) is 4.52 Å². The third-order valence-corrected chi connectivity index (χ3v) is 9.14. The maximum Gasteiger partial charge on any atom is 0.348 e. The minimum atomic E-state index is -4.05. The fourth-order valence-corrected chi connectivity index (χ4v) is 7.11. The predicted octanol–water partition coefficient (Wildman–Crippen LogP) is 3.96. The fraction of sp³-hybridized carbons (Fsp3) is 0.160. The molecular formula is C25H23FN5O6PS2. The van der Waals surface area contributed by atoms with Gasteiger partial charge in [0.2, 0.25) is 10.0 Å². The molecule has 15 heteroatoms. The number of anilines is 2. The quantitative estimate of drug-likeness (QED) is 0.256. The van der Waals surface area contributed by atoms with Crippen LogP contribution in [0.1, 0.15) is 18.1 Å². The number of rotatable bonds is 8. The zero-order valence-electron chi connectivity index (χ0n) is 21.2. The van der Waals surface area contributed by atoms with E-state index in [0.29, 0.717) is 11.1 Å². The van der Waals surface area contributed by atoms with Crippen molar-refractivity contribution in [1.29, 1.82) is 0 Å². The summed E-state index contributed by atoms with van der Waals surface area (Å²) in [6.07, 6.45) is 0.983. The van der Waals surface area contributed by atoms with Crippen LogP contribution in [0.25, 0.3) is 11.3 Å². The van der Waals surface area contributed by atoms with Crippen molar-refractivity contribution in [2.24, 2.45) is 4.76 Å². The number of hydrogen-bond acceptors (Lipinski definition) is 9. The van der Waals surface area contributed by atoms with E-state index in [2.05, 4.69) is 19.9 Å². The molecule has 3 heterocycles. The lowest BCUT2D eigenvalue weighted by atomic mass is 10.1. The summed E-state index contributed by atoms with van der Waals surface area (Å²) in [4.78, 5) is 13.7. The highest BCUT2D eigenvalue weighted by Crippen LogP contribution is 2.52. The van der Waals surface area contributed by atoms with Gasteiger partial charge in [0.1, 0.15) is 17.1 Å². The second-order valence-electron chi connectivity index (χ2n) is 8.79. The molecule has 1 aliphatic heterocycles. The molecule has 0 spiro atoms. The molecule has 0 aliphatic carbocycles. The van der Waals surface area contributed by atoms with Gasteiger partial charge in [-0.2, -0.15) is 21.2 Å². The maximum absolute atomic E-state index is 14.0. The van der Waals surface area contributed by atoms with Gasteiger partial charge < -0.3 is 14.9 Å². The first-order chi connectivity index (χ1) is 19.0. The Labute approximate surface area is 232 Å². The number of halogens is 1. The highest BCUT2D eigenvalue weighted by molar-refractivity contribution is 7.92. The molecule has 2 aromatic carbocycles. The van der Waals surface area contributed by atoms with Crippen LogP contribution in [-0.4, -0.2) is 42.0 Å². The summed E-state index contributed by atoms with van der Waals surface area (Å²) in [5.41, 5.74) is 0.577. The molecule has 0 radical (unpaired) electrons. The van der Waals surface area contributed by atoms with Crippen LogP contribution in [0.15, 0.2) is 68.8 Å². The van der Waals surface area contributed by atoms with Crippen molar-refractivity contribution in [3.05, 3.63) is 86.6 Å². The first-order valence-corrected chi connectivity index (χ1v) is 16.2. The Morgan fingerprint density at radius 1 is 1.20 bits per heavy atom. The van der Waals surface area contributed by atoms with E-state index in [1.807, 2.05) is 0 Å². The number of sulfonamides is 1. The van der Waals surface area contributed by atoms with Gasteiger partial charge in [-0.3, -0.25) is 14.1 Å². The Balaban J connectivity index is 1.68. The molecule has 1 atom stereocenters. The molecular weight excluding hydrogens is 580 g/mol. The third-order valence-electron chi connectivity index (χ3n) is 5.80. The molecule has 3 N–H and O–H groups in total. The van der Waals surface area contributed by atoms with Gasteiger partial charge in [-0.05, 0) is 54.3 Å². The molecule has 11 nitrogen and oxygen atoms in total. The lowest BCUT2D eigenvalue weighted by molar-refractivity contribution is 0.341. The average Bonchev–Trinajstić information content (AvgIpc) is 3.41. The highest BCUT2D eigenvalue weighted by Gasteiger charge is 2.36. The van der Waals surface area contributed by atoms with Crippen LogP contribution in [0.5, 0.6) is 5.75 Å². The number of aromatic hydroxyl groups is 1. The van der Waals surface area contributed by atoms with Crippen LogP contribution in [0.2, 0.25) is 0 Å². The van der Waals surface area contributed by atoms with Crippen LogP contribution in [-0.2, 0) is 25.7 Å². The normalized spacial score (nSPS) is 16.6. The van der Waals surface area contributed by atoms with Gasteiger partial charge in [-0.25, -0.2) is 17.5 Å². The number of thiophene rings is 1. The molecule has 208 valence electrons. The number of fused-ring (bicyclic) bond motifs is 1. The monoisotopic (exact) mass is 603 g/mol. The molecule has 2 aromatic heterocycles. The molecule has 0 saturated carbocycles. The van der Waals surface area contributed by atoms with E-state index >= 15 is 0 Å². The van der Waals surface area contributed by atoms with E-state index < -0.39 is 34.7 Å². The Hall–Kier alpha value is -3.84. The van der Waals surface area contributed by atoms with Crippen LogP contribution >= 0.6 is 18.9 Å². The summed E-state index contributed by atoms with van der Waals surface area (Å²) < 4.78 is 64.2. The molecule has 1 unspecified atom stereocenters. The van der Waals surface area contributed by atoms with Gasteiger partial charge in [0, 0.05) is 16.6 Å². The SMILES string of the molecule is CCOP1(=O)N=C(c2c(O)c(-c3ccsc3)nn(Cc3ccc(F)cc3)c2=O)Nc2ccc(NS(C)(=O)=O)cc21. The van der Waals surface area contributed by atoms with Crippen LogP contribution in [0.3, 0.4) is 0 Å². The van der Waals surface area contributed by atoms with Gasteiger partial charge in [-0.1, -0.05) is 12.1 Å². The smallest absolute Gasteiger partial charge is 0.348 e. The number of nitrogens with one attached hydrogen (secondary N) is 2. The number of aromatic nitrogens is 2. The molecule has 5 rings (SSSR count). The first-order valence-electron chi connectivity index (χ1n) is 11.8. The number of amidine groups is 1. The molecule has 40 heavy (non-hydrogen) atoms. The zero-order valence-corrected chi connectivity index (χ0v) is 23.7. The summed E-state index contributed by atoms with van der Waals surface area (Å²) in [6.45, 7) is 1.56. The van der Waals surface area contributed by atoms with Gasteiger partial charge >= 0.3 is 7.52 Å². The van der Waals surface area contributed by atoms with E-state index in [9.17, 15) is 27.3 Å². The van der Waals surface area contributed by atoms with Gasteiger partial charge in [0.25, 0.3) is 5.56 Å². The van der Waals surface area contributed by atoms with Gasteiger partial charge in [0.15, 0.2) is 11.6 Å². The summed E-state index contributed by atoms with van der Waals surface area (Å²) in [5, 5.41) is 22.2. The Morgan fingerprint density at radius 2 is 1.95 bits per heavy atom. The Bertz CT molecular complexity index is 1840. The van der Waals surface area contributed by atoms with Crippen molar-refractivity contribution in [1.82, 2.24) is 9.78 Å². The third kappa shape index (κ3) is 5.56. The van der Waals surface area contributed by atoms with Crippen molar-refractivity contribution < 1.29 is 27.0 Å². The van der Waals surface area contributed by atoms with Gasteiger partial charge in [-0.15, -0.1) is 0 Å². The van der Waals surface area contributed by atoms with Crippen LogP contribution in [0, 0.1) is 5.82 Å². The Morgan fingerprint density at radius 3 is 2.60 bits per heavy atom. The zero-order chi connectivity index (χ0) is 28.7. The fourth-order valence-electron chi connectivity index (χ4n) is 4.11. The molecule has 4 aromatic rings. The van der Waals surface area contributed by atoms with Crippen molar-refractivity contribution in [3.63, 3.8) is 0 Å². The summed E-state index contributed by atoms with van der Waals surface area (Å²) >= 11 is 1.36. The average molecular weight is 604 g/mol. The topological polar surface area (TPSA) is 152 Å². The van der Waals surface area contributed by atoms with Crippen molar-refractivity contribution in [2.45, 2.75) is 13.5 Å². The minimum absolute atomic E-state index is 0.00545. The molecule has 0 amide bonds. The second kappa shape index (κ2) is 10.6. The minimum Gasteiger partial charge on any atom is -0.505 e. The lowest BCUT2D eigenvalue weighted by Crippen LogP contribution is -2.35. The standard InChI is InChI=1S/C25H23FN5O6PS2/c1-3-37-38(34)20-12-18(30-40(2,35)36)8-9-19(20)27-24(29-38)21-23(32)22(16-10-11-39-14-16)28-31(25(21)33)13-15-4-6-17(26)7-5-15/h4-12,14,30,32H,3,13H2,1-2H3,(H,27,29,34). The maximum atomic E-state index is 14.0. The predicted molar refractivity (Wildman–Crippen MR) is 153 cm³/mol. The molecule has 0 saturated heterocycles. The van der Waals surface area contributed by atoms with E-state index in [1.165, 1.54) is 53.8 Å². The first kappa shape index (κ1) is 27.7. The molecule has 0 bridgehead atoms. The number of hydrogen-bond donors (Lipinski definition) is 3. The summed E-state index contributed by atoms with van der Waals surface area (Å²) in [7, 11) is -7.67. The van der Waals surface area contributed by atoms with E-state index in [1.54, 1.807) is 23.8 Å². The lowest BCUT2D eigenvalue weighted by Gasteiger charge is -2.26. The summed E-state index contributed by atoms with van der Waals surface area (Å²) in [5.74, 6) is -1.12. The molecule has 0 fully saturated rings. The molecule has 1 aliphatic rings. The summed E-state index contributed by atoms with van der Waals surface area (Å²) in [6, 6.07) is 11.5. The van der Waals surface area contributed by atoms with Crippen molar-refractivity contribution in [2.75, 3.05) is 22.9 Å². The Kier molecular flexibility index (Phi) is 7.36. The number of nitrogens with zero attached hydrogens (tertiary/aromatic N) is 3. The highest BCUT2D eigenvalue weighted by atomic mass is 32.2. The second-order valence-corrected chi connectivity index (χ2v) is 13.3. The van der Waals surface area contributed by atoms with E-state index in [-0.39, 0.29) is 46.9 Å². The van der Waals surface area contributed by atoms with Crippen LogP contribution < -0.4 is 20.9 Å². The number of benzene rings is 2. The van der Waals surface area contributed by atoms with Crippen molar-refractivity contribution in [3.8, 4) is 17.0 Å². The van der Waals surface area contributed by atoms with Gasteiger partial charge in [0.05, 0.1) is 30.4 Å².